The number of hydrogen-bond donors (Lipinski definition) is 0. The zero-order valence-corrected chi connectivity index (χ0v) is 14.3. The lowest BCUT2D eigenvalue weighted by molar-refractivity contribution is -0.128. The van der Waals surface area contributed by atoms with Gasteiger partial charge in [-0.2, -0.15) is 0 Å². The van der Waals surface area contributed by atoms with E-state index < -0.39 is 0 Å². The molecule has 0 saturated carbocycles. The maximum Gasteiger partial charge on any atom is 0.246 e. The summed E-state index contributed by atoms with van der Waals surface area (Å²) in [6, 6.07) is 3.64. The van der Waals surface area contributed by atoms with E-state index in [0.29, 0.717) is 41.6 Å². The molecule has 1 fully saturated rings. The Kier molecular flexibility index (Phi) is 4.81. The lowest BCUT2D eigenvalue weighted by atomic mass is 9.92. The van der Waals surface area contributed by atoms with Gasteiger partial charge < -0.3 is 14.4 Å². The second-order valence-corrected chi connectivity index (χ2v) is 6.96. The summed E-state index contributed by atoms with van der Waals surface area (Å²) < 4.78 is 11.1. The molecule has 5 heteroatoms. The fourth-order valence-corrected chi connectivity index (χ4v) is 3.62. The van der Waals surface area contributed by atoms with E-state index in [1.165, 1.54) is 6.42 Å². The Balaban J connectivity index is 1.72. The van der Waals surface area contributed by atoms with E-state index in [0.717, 1.165) is 18.7 Å². The molecule has 2 atom stereocenters. The average molecular weight is 336 g/mol. The van der Waals surface area contributed by atoms with Gasteiger partial charge in [-0.05, 0) is 42.0 Å². The van der Waals surface area contributed by atoms with Crippen LogP contribution in [-0.2, 0) is 4.79 Å². The standard InChI is InChI=1S/C18H22ClNO3/c1-12-7-13(2)11-20(10-12)17(21)4-3-14-8-15(19)18-16(9-14)22-5-6-23-18/h3-4,8-9,12-13H,5-7,10-11H2,1-2H3. The van der Waals surface area contributed by atoms with Crippen LogP contribution in [-0.4, -0.2) is 37.1 Å². The van der Waals surface area contributed by atoms with Gasteiger partial charge in [0.1, 0.15) is 13.2 Å². The molecule has 0 spiro atoms. The lowest BCUT2D eigenvalue weighted by Crippen LogP contribution is -2.41. The number of nitrogens with zero attached hydrogens (tertiary/aromatic N) is 1. The van der Waals surface area contributed by atoms with Crippen LogP contribution < -0.4 is 9.47 Å². The molecular formula is C18H22ClNO3. The van der Waals surface area contributed by atoms with E-state index in [9.17, 15) is 4.79 Å². The minimum Gasteiger partial charge on any atom is -0.486 e. The number of hydrogen-bond acceptors (Lipinski definition) is 3. The van der Waals surface area contributed by atoms with Crippen molar-refractivity contribution >= 4 is 23.6 Å². The number of ether oxygens (including phenoxy) is 2. The molecule has 2 aliphatic heterocycles. The van der Waals surface area contributed by atoms with Crippen molar-refractivity contribution in [1.82, 2.24) is 4.90 Å². The van der Waals surface area contributed by atoms with Crippen LogP contribution in [0.5, 0.6) is 11.5 Å². The molecule has 0 radical (unpaired) electrons. The third-order valence-corrected chi connectivity index (χ3v) is 4.50. The quantitative estimate of drug-likeness (QED) is 0.775. The minimum absolute atomic E-state index is 0.0504. The van der Waals surface area contributed by atoms with Crippen molar-refractivity contribution in [3.05, 3.63) is 28.8 Å². The highest BCUT2D eigenvalue weighted by Crippen LogP contribution is 2.38. The van der Waals surface area contributed by atoms with Crippen LogP contribution in [0.3, 0.4) is 0 Å². The van der Waals surface area contributed by atoms with Gasteiger partial charge in [-0.15, -0.1) is 0 Å². The van der Waals surface area contributed by atoms with E-state index >= 15 is 0 Å². The predicted molar refractivity (Wildman–Crippen MR) is 91.0 cm³/mol. The molecular weight excluding hydrogens is 314 g/mol. The monoisotopic (exact) mass is 335 g/mol. The van der Waals surface area contributed by atoms with Crippen LogP contribution in [0.2, 0.25) is 5.02 Å². The molecule has 0 N–H and O–H groups in total. The van der Waals surface area contributed by atoms with Crippen LogP contribution in [0, 0.1) is 11.8 Å². The molecule has 4 nitrogen and oxygen atoms in total. The van der Waals surface area contributed by atoms with Crippen molar-refractivity contribution in [3.63, 3.8) is 0 Å². The molecule has 1 aromatic carbocycles. The normalized spacial score (nSPS) is 24.0. The molecule has 1 saturated heterocycles. The maximum atomic E-state index is 12.4. The Hall–Kier alpha value is -1.68. The van der Waals surface area contributed by atoms with Crippen molar-refractivity contribution in [3.8, 4) is 11.5 Å². The second kappa shape index (κ2) is 6.83. The van der Waals surface area contributed by atoms with Gasteiger partial charge >= 0.3 is 0 Å². The number of halogens is 1. The highest BCUT2D eigenvalue weighted by molar-refractivity contribution is 6.32. The van der Waals surface area contributed by atoms with E-state index in [1.54, 1.807) is 18.2 Å². The van der Waals surface area contributed by atoms with Gasteiger partial charge in [0, 0.05) is 19.2 Å². The zero-order valence-electron chi connectivity index (χ0n) is 13.5. The van der Waals surface area contributed by atoms with Crippen molar-refractivity contribution in [2.45, 2.75) is 20.3 Å². The molecule has 0 aliphatic carbocycles. The number of benzene rings is 1. The highest BCUT2D eigenvalue weighted by atomic mass is 35.5. The maximum absolute atomic E-state index is 12.4. The van der Waals surface area contributed by atoms with Gasteiger partial charge in [0.2, 0.25) is 5.91 Å². The fourth-order valence-electron chi connectivity index (χ4n) is 3.34. The van der Waals surface area contributed by atoms with Crippen LogP contribution in [0.15, 0.2) is 18.2 Å². The largest absolute Gasteiger partial charge is 0.486 e. The summed E-state index contributed by atoms with van der Waals surface area (Å²) in [6.07, 6.45) is 4.59. The summed E-state index contributed by atoms with van der Waals surface area (Å²) in [5.74, 6) is 2.38. The first kappa shape index (κ1) is 16.2. The number of fused-ring (bicyclic) bond motifs is 1. The van der Waals surface area contributed by atoms with Gasteiger partial charge in [-0.3, -0.25) is 4.79 Å². The summed E-state index contributed by atoms with van der Waals surface area (Å²) in [6.45, 7) is 7.07. The van der Waals surface area contributed by atoms with Gasteiger partial charge in [0.15, 0.2) is 11.5 Å². The molecule has 1 aromatic rings. The molecule has 3 rings (SSSR count). The summed E-state index contributed by atoms with van der Waals surface area (Å²) in [5, 5.41) is 0.509. The Labute approximate surface area is 142 Å². The van der Waals surface area contributed by atoms with Gasteiger partial charge in [-0.1, -0.05) is 25.4 Å². The van der Waals surface area contributed by atoms with E-state index in [4.69, 9.17) is 21.1 Å². The third-order valence-electron chi connectivity index (χ3n) is 4.22. The fraction of sp³-hybridized carbons (Fsp3) is 0.500. The highest BCUT2D eigenvalue weighted by Gasteiger charge is 2.24. The predicted octanol–water partition coefficient (Wildman–Crippen LogP) is 3.63. The SMILES string of the molecule is CC1CC(C)CN(C(=O)C=Cc2cc(Cl)c3c(c2)OCCO3)C1. The van der Waals surface area contributed by atoms with Crippen molar-refractivity contribution < 1.29 is 14.3 Å². The molecule has 0 aromatic heterocycles. The Bertz CT molecular complexity index is 619. The summed E-state index contributed by atoms with van der Waals surface area (Å²) in [4.78, 5) is 14.3. The first-order chi connectivity index (χ1) is 11.0. The molecule has 2 heterocycles. The van der Waals surface area contributed by atoms with E-state index in [2.05, 4.69) is 13.8 Å². The Morgan fingerprint density at radius 1 is 1.22 bits per heavy atom. The van der Waals surface area contributed by atoms with E-state index in [-0.39, 0.29) is 5.91 Å². The van der Waals surface area contributed by atoms with Gasteiger partial charge in [0.05, 0.1) is 5.02 Å². The number of carbonyl (C=O) groups is 1. The number of amides is 1. The Morgan fingerprint density at radius 2 is 1.91 bits per heavy atom. The first-order valence-electron chi connectivity index (χ1n) is 8.09. The van der Waals surface area contributed by atoms with Crippen LogP contribution in [0.4, 0.5) is 0 Å². The third kappa shape index (κ3) is 3.81. The summed E-state index contributed by atoms with van der Waals surface area (Å²) in [7, 11) is 0. The van der Waals surface area contributed by atoms with Crippen LogP contribution >= 0.6 is 11.6 Å². The lowest BCUT2D eigenvalue weighted by Gasteiger charge is -2.34. The van der Waals surface area contributed by atoms with E-state index in [1.807, 2.05) is 11.0 Å². The van der Waals surface area contributed by atoms with Gasteiger partial charge in [0.25, 0.3) is 0 Å². The minimum atomic E-state index is 0.0504. The van der Waals surface area contributed by atoms with Gasteiger partial charge in [-0.25, -0.2) is 0 Å². The molecule has 2 aliphatic rings. The number of rotatable bonds is 2. The number of carbonyl (C=O) groups excluding carboxylic acids is 1. The van der Waals surface area contributed by atoms with Crippen LogP contribution in [0.25, 0.3) is 6.08 Å². The topological polar surface area (TPSA) is 38.8 Å². The number of piperidine rings is 1. The molecule has 1 amide bonds. The summed E-state index contributed by atoms with van der Waals surface area (Å²) in [5.41, 5.74) is 0.839. The smallest absolute Gasteiger partial charge is 0.246 e. The average Bonchev–Trinajstić information content (AvgIpc) is 2.52. The molecule has 124 valence electrons. The first-order valence-corrected chi connectivity index (χ1v) is 8.47. The molecule has 0 bridgehead atoms. The van der Waals surface area contributed by atoms with Crippen LogP contribution in [0.1, 0.15) is 25.8 Å². The zero-order chi connectivity index (χ0) is 16.4. The summed E-state index contributed by atoms with van der Waals surface area (Å²) >= 11 is 6.22. The molecule has 23 heavy (non-hydrogen) atoms. The number of likely N-dealkylation sites (tertiary alicyclic amines) is 1. The Morgan fingerprint density at radius 3 is 2.65 bits per heavy atom. The van der Waals surface area contributed by atoms with Crippen molar-refractivity contribution in [2.24, 2.45) is 11.8 Å². The molecule has 2 unspecified atom stereocenters. The second-order valence-electron chi connectivity index (χ2n) is 6.55. The van der Waals surface area contributed by atoms with Crippen molar-refractivity contribution in [1.29, 1.82) is 0 Å². The van der Waals surface area contributed by atoms with Crippen molar-refractivity contribution in [2.75, 3.05) is 26.3 Å².